The fourth-order valence-electron chi connectivity index (χ4n) is 4.99. The van der Waals surface area contributed by atoms with E-state index in [0.717, 1.165) is 24.0 Å². The fraction of sp³-hybridized carbons (Fsp3) is 0.571. The molecule has 0 saturated carbocycles. The van der Waals surface area contributed by atoms with Gasteiger partial charge in [-0.2, -0.15) is 0 Å². The normalized spacial score (nSPS) is 12.7. The average molecular weight is 568 g/mol. The molecule has 0 bridgehead atoms. The van der Waals surface area contributed by atoms with Crippen LogP contribution in [0.5, 0.6) is 11.5 Å². The number of hydrogen-bond donors (Lipinski definition) is 0. The van der Waals surface area contributed by atoms with E-state index < -0.39 is 0 Å². The Morgan fingerprint density at radius 1 is 0.576 bits per heavy atom. The van der Waals surface area contributed by atoms with Crippen molar-refractivity contribution in [2.45, 2.75) is 103 Å². The van der Waals surface area contributed by atoms with Crippen LogP contribution in [0, 0.1) is 10.8 Å². The molecule has 0 amide bonds. The van der Waals surface area contributed by atoms with Crippen LogP contribution in [0.15, 0.2) is 46.2 Å². The zero-order chi connectivity index (χ0) is 23.8. The number of benzene rings is 2. The second-order valence-corrected chi connectivity index (χ2v) is 13.8. The van der Waals surface area contributed by atoms with Gasteiger partial charge in [-0.15, -0.1) is 0 Å². The molecule has 192 valence electrons. The van der Waals surface area contributed by atoms with E-state index in [1.54, 1.807) is 12.1 Å². The summed E-state index contributed by atoms with van der Waals surface area (Å²) in [6.45, 7) is 22.3. The SMILES string of the molecule is CC(C)(C)CC(C)(C)c1ccc([O-])c(Sc2cc(C(C)(C)CC(C)(C)C)ccc2[O-])c1.[Cu+].[Cu+]. The van der Waals surface area contributed by atoms with Gasteiger partial charge in [0.05, 0.1) is 0 Å². The largest absolute Gasteiger partial charge is 1.00 e. The maximum Gasteiger partial charge on any atom is 1.00 e. The number of hydrogen-bond acceptors (Lipinski definition) is 3. The van der Waals surface area contributed by atoms with Crippen molar-refractivity contribution in [3.8, 4) is 11.5 Å². The van der Waals surface area contributed by atoms with Crippen molar-refractivity contribution in [1.82, 2.24) is 0 Å². The summed E-state index contributed by atoms with van der Waals surface area (Å²) < 4.78 is 0. The van der Waals surface area contributed by atoms with E-state index in [2.05, 4.69) is 69.2 Å². The van der Waals surface area contributed by atoms with Crippen molar-refractivity contribution in [2.75, 3.05) is 0 Å². The first-order valence-electron chi connectivity index (χ1n) is 11.2. The summed E-state index contributed by atoms with van der Waals surface area (Å²) in [5.74, 6) is -0.0573. The first-order valence-corrected chi connectivity index (χ1v) is 12.0. The third-order valence-corrected chi connectivity index (χ3v) is 6.69. The van der Waals surface area contributed by atoms with Crippen molar-refractivity contribution < 1.29 is 44.4 Å². The van der Waals surface area contributed by atoms with Crippen LogP contribution in [-0.2, 0) is 45.0 Å². The van der Waals surface area contributed by atoms with Crippen LogP contribution in [0.2, 0.25) is 0 Å². The molecule has 0 aromatic heterocycles. The van der Waals surface area contributed by atoms with E-state index in [9.17, 15) is 10.2 Å². The summed E-state index contributed by atoms with van der Waals surface area (Å²) in [5, 5.41) is 25.3. The third-order valence-electron chi connectivity index (χ3n) is 5.61. The summed E-state index contributed by atoms with van der Waals surface area (Å²) in [4.78, 5) is 1.25. The molecule has 0 atom stereocenters. The molecule has 0 aliphatic heterocycles. The van der Waals surface area contributed by atoms with E-state index in [0.29, 0.717) is 9.79 Å². The number of rotatable bonds is 6. The average Bonchev–Trinajstić information content (AvgIpc) is 2.54. The topological polar surface area (TPSA) is 46.1 Å². The van der Waals surface area contributed by atoms with Gasteiger partial charge in [0.1, 0.15) is 0 Å². The quantitative estimate of drug-likeness (QED) is 0.342. The molecule has 0 N–H and O–H groups in total. The maximum absolute atomic E-state index is 12.6. The Balaban J connectivity index is 0.00000512. The first-order chi connectivity index (χ1) is 13.9. The van der Waals surface area contributed by atoms with Gasteiger partial charge in [-0.3, -0.25) is 0 Å². The zero-order valence-electron chi connectivity index (χ0n) is 21.7. The summed E-state index contributed by atoms with van der Waals surface area (Å²) in [6, 6.07) is 11.2. The van der Waals surface area contributed by atoms with Crippen molar-refractivity contribution in [1.29, 1.82) is 0 Å². The molecule has 0 fully saturated rings. The van der Waals surface area contributed by atoms with Crippen molar-refractivity contribution in [3.63, 3.8) is 0 Å². The van der Waals surface area contributed by atoms with E-state index in [-0.39, 0.29) is 67.3 Å². The first kappa shape index (κ1) is 32.4. The van der Waals surface area contributed by atoms with Crippen LogP contribution in [0.3, 0.4) is 0 Å². The maximum atomic E-state index is 12.6. The molecule has 5 heteroatoms. The Kier molecular flexibility index (Phi) is 11.2. The van der Waals surface area contributed by atoms with E-state index >= 15 is 0 Å². The molecule has 2 aromatic rings. The molecule has 0 aliphatic carbocycles. The molecule has 33 heavy (non-hydrogen) atoms. The van der Waals surface area contributed by atoms with E-state index in [4.69, 9.17) is 0 Å². The minimum absolute atomic E-state index is 0. The predicted octanol–water partition coefficient (Wildman–Crippen LogP) is 7.41. The van der Waals surface area contributed by atoms with Gasteiger partial charge < -0.3 is 10.2 Å². The van der Waals surface area contributed by atoms with Crippen LogP contribution in [-0.4, -0.2) is 0 Å². The minimum Gasteiger partial charge on any atom is -0.872 e. The molecule has 2 aromatic carbocycles. The molecule has 0 aliphatic rings. The molecule has 0 spiro atoms. The van der Waals surface area contributed by atoms with Gasteiger partial charge in [0, 0.05) is 9.79 Å². The monoisotopic (exact) mass is 566 g/mol. The Bertz CT molecular complexity index is 847. The summed E-state index contributed by atoms with van der Waals surface area (Å²) in [5.41, 5.74) is 2.53. The third kappa shape index (κ3) is 9.54. The van der Waals surface area contributed by atoms with Crippen LogP contribution in [0.4, 0.5) is 0 Å². The van der Waals surface area contributed by atoms with Gasteiger partial charge in [-0.25, -0.2) is 0 Å². The van der Waals surface area contributed by atoms with Crippen molar-refractivity contribution >= 4 is 11.8 Å². The molecule has 2 rings (SSSR count). The second kappa shape index (κ2) is 11.4. The summed E-state index contributed by atoms with van der Waals surface area (Å²) >= 11 is 1.31. The van der Waals surface area contributed by atoms with Crippen LogP contribution in [0.25, 0.3) is 0 Å². The zero-order valence-corrected chi connectivity index (χ0v) is 24.4. The standard InChI is InChI=1S/C28H42O2S.2Cu/c1-25(2,3)17-27(7,8)19-11-13-21(29)23(15-19)31-24-16-20(12-14-22(24)30)28(9,10)18-26(4,5)6;;/h11-16,29-30H,17-18H2,1-10H3;;/q;2*+1/p-2. The van der Waals surface area contributed by atoms with E-state index in [1.165, 1.54) is 11.8 Å². The molecule has 2 nitrogen and oxygen atoms in total. The van der Waals surface area contributed by atoms with Gasteiger partial charge in [0.2, 0.25) is 0 Å². The fourth-order valence-corrected chi connectivity index (χ4v) is 5.94. The molecule has 0 radical (unpaired) electrons. The molecular weight excluding hydrogens is 527 g/mol. The molecule has 0 saturated heterocycles. The van der Waals surface area contributed by atoms with Gasteiger partial charge >= 0.3 is 34.1 Å². The van der Waals surface area contributed by atoms with Gasteiger partial charge in [0.25, 0.3) is 0 Å². The van der Waals surface area contributed by atoms with E-state index in [1.807, 2.05) is 24.3 Å². The summed E-state index contributed by atoms with van der Waals surface area (Å²) in [7, 11) is 0. The molecular formula is C28H40Cu2O2S. The predicted molar refractivity (Wildman–Crippen MR) is 130 cm³/mol. The molecule has 0 unspecified atom stereocenters. The van der Waals surface area contributed by atoms with Crippen LogP contribution in [0.1, 0.15) is 93.2 Å². The Hall–Kier alpha value is -0.571. The molecule has 0 heterocycles. The Labute approximate surface area is 227 Å². The second-order valence-electron chi connectivity index (χ2n) is 12.7. The Morgan fingerprint density at radius 2 is 0.879 bits per heavy atom. The van der Waals surface area contributed by atoms with Crippen molar-refractivity contribution in [2.24, 2.45) is 10.8 Å². The Morgan fingerprint density at radius 3 is 1.15 bits per heavy atom. The summed E-state index contributed by atoms with van der Waals surface area (Å²) in [6.07, 6.45) is 2.01. The van der Waals surface area contributed by atoms with Crippen molar-refractivity contribution in [3.05, 3.63) is 47.5 Å². The van der Waals surface area contributed by atoms with Crippen LogP contribution >= 0.6 is 11.8 Å². The van der Waals surface area contributed by atoms with Gasteiger partial charge in [-0.1, -0.05) is 117 Å². The van der Waals surface area contributed by atoms with Crippen LogP contribution < -0.4 is 10.2 Å². The minimum atomic E-state index is -0.0574. The van der Waals surface area contributed by atoms with Gasteiger partial charge in [-0.05, 0) is 57.8 Å². The smallest absolute Gasteiger partial charge is 0.872 e. The van der Waals surface area contributed by atoms with Gasteiger partial charge in [0.15, 0.2) is 0 Å².